The molecule has 0 unspecified atom stereocenters. The molecule has 17 heavy (non-hydrogen) atoms. The maximum atomic E-state index is 13.6. The molecule has 0 saturated carbocycles. The number of amides is 1. The summed E-state index contributed by atoms with van der Waals surface area (Å²) in [5, 5.41) is 0.676. The van der Waals surface area contributed by atoms with Crippen LogP contribution in [0, 0.1) is 17.5 Å². The first-order valence-corrected chi connectivity index (χ1v) is 4.47. The summed E-state index contributed by atoms with van der Waals surface area (Å²) in [6, 6.07) is 0.449. The molecule has 4 nitrogen and oxygen atoms in total. The maximum absolute atomic E-state index is 13.6. The van der Waals surface area contributed by atoms with E-state index < -0.39 is 34.7 Å². The van der Waals surface area contributed by atoms with Crippen LogP contribution in [0.25, 0.3) is 0 Å². The lowest BCUT2D eigenvalue weighted by atomic mass is 10.1. The van der Waals surface area contributed by atoms with E-state index in [4.69, 9.17) is 0 Å². The van der Waals surface area contributed by atoms with Gasteiger partial charge in [0, 0.05) is 7.05 Å². The SMILES string of the molecule is COc1c(F)c(F)cc(C(=O)N(C)OC)c1F. The second kappa shape index (κ2) is 5.05. The van der Waals surface area contributed by atoms with Gasteiger partial charge in [-0.2, -0.15) is 4.39 Å². The Morgan fingerprint density at radius 3 is 2.29 bits per heavy atom. The van der Waals surface area contributed by atoms with Gasteiger partial charge in [0.1, 0.15) is 0 Å². The third-order valence-corrected chi connectivity index (χ3v) is 2.11. The van der Waals surface area contributed by atoms with Crippen LogP contribution in [0.1, 0.15) is 10.4 Å². The largest absolute Gasteiger partial charge is 0.491 e. The highest BCUT2D eigenvalue weighted by Gasteiger charge is 2.25. The zero-order chi connectivity index (χ0) is 13.2. The molecule has 0 saturated heterocycles. The smallest absolute Gasteiger partial charge is 0.280 e. The molecule has 0 bridgehead atoms. The predicted octanol–water partition coefficient (Wildman–Crippen LogP) is 1.75. The maximum Gasteiger partial charge on any atom is 0.280 e. The van der Waals surface area contributed by atoms with Crippen LogP contribution in [-0.2, 0) is 4.84 Å². The zero-order valence-corrected chi connectivity index (χ0v) is 9.38. The molecule has 1 amide bonds. The summed E-state index contributed by atoms with van der Waals surface area (Å²) in [6.07, 6.45) is 0. The molecule has 1 rings (SSSR count). The van der Waals surface area contributed by atoms with Crippen LogP contribution in [0.2, 0.25) is 0 Å². The van der Waals surface area contributed by atoms with Gasteiger partial charge in [-0.15, -0.1) is 0 Å². The van der Waals surface area contributed by atoms with Crippen LogP contribution in [0.15, 0.2) is 6.07 Å². The number of methoxy groups -OCH3 is 1. The van der Waals surface area contributed by atoms with Crippen molar-refractivity contribution >= 4 is 5.91 Å². The minimum Gasteiger partial charge on any atom is -0.491 e. The number of hydroxylamine groups is 2. The fourth-order valence-electron chi connectivity index (χ4n) is 1.17. The summed E-state index contributed by atoms with van der Waals surface area (Å²) >= 11 is 0. The minimum atomic E-state index is -1.48. The number of ether oxygens (including phenoxy) is 1. The Kier molecular flexibility index (Phi) is 3.95. The Morgan fingerprint density at radius 1 is 1.24 bits per heavy atom. The predicted molar refractivity (Wildman–Crippen MR) is 52.0 cm³/mol. The van der Waals surface area contributed by atoms with Gasteiger partial charge in [-0.05, 0) is 6.07 Å². The molecule has 1 aromatic carbocycles. The highest BCUT2D eigenvalue weighted by Crippen LogP contribution is 2.27. The van der Waals surface area contributed by atoms with Gasteiger partial charge in [0.05, 0.1) is 19.8 Å². The first-order chi connectivity index (χ1) is 7.93. The van der Waals surface area contributed by atoms with Gasteiger partial charge in [-0.3, -0.25) is 9.63 Å². The Labute approximate surface area is 95.5 Å². The Balaban J connectivity index is 3.36. The summed E-state index contributed by atoms with van der Waals surface area (Å²) in [5.74, 6) is -6.04. The highest BCUT2D eigenvalue weighted by molar-refractivity contribution is 5.94. The lowest BCUT2D eigenvalue weighted by Gasteiger charge is -2.15. The second-order valence-corrected chi connectivity index (χ2v) is 3.05. The van der Waals surface area contributed by atoms with E-state index in [-0.39, 0.29) is 0 Å². The van der Waals surface area contributed by atoms with E-state index in [0.717, 1.165) is 7.11 Å². The van der Waals surface area contributed by atoms with E-state index in [1.54, 1.807) is 0 Å². The number of hydrogen-bond donors (Lipinski definition) is 0. The van der Waals surface area contributed by atoms with Gasteiger partial charge in [0.2, 0.25) is 5.82 Å². The molecular formula is C10H10F3NO3. The van der Waals surface area contributed by atoms with E-state index in [1.165, 1.54) is 14.2 Å². The van der Waals surface area contributed by atoms with Gasteiger partial charge in [0.25, 0.3) is 5.91 Å². The van der Waals surface area contributed by atoms with E-state index in [1.807, 2.05) is 0 Å². The lowest BCUT2D eigenvalue weighted by molar-refractivity contribution is -0.0760. The standard InChI is InChI=1S/C10H10F3NO3/c1-14(17-3)10(15)5-4-6(11)8(13)9(16-2)7(5)12/h4H,1-3H3. The normalized spacial score (nSPS) is 10.2. The second-order valence-electron chi connectivity index (χ2n) is 3.05. The van der Waals surface area contributed by atoms with Crippen molar-refractivity contribution in [1.29, 1.82) is 0 Å². The molecule has 0 aliphatic heterocycles. The van der Waals surface area contributed by atoms with Crippen molar-refractivity contribution in [2.45, 2.75) is 0 Å². The monoisotopic (exact) mass is 249 g/mol. The van der Waals surface area contributed by atoms with E-state index in [9.17, 15) is 18.0 Å². The van der Waals surface area contributed by atoms with Crippen molar-refractivity contribution in [3.63, 3.8) is 0 Å². The number of carbonyl (C=O) groups is 1. The summed E-state index contributed by atoms with van der Waals surface area (Å²) in [6.45, 7) is 0. The van der Waals surface area contributed by atoms with Gasteiger partial charge < -0.3 is 4.74 Å². The molecule has 0 N–H and O–H groups in total. The van der Waals surface area contributed by atoms with Gasteiger partial charge in [0.15, 0.2) is 17.4 Å². The number of hydrogen-bond acceptors (Lipinski definition) is 3. The van der Waals surface area contributed by atoms with Gasteiger partial charge in [-0.1, -0.05) is 0 Å². The third-order valence-electron chi connectivity index (χ3n) is 2.11. The van der Waals surface area contributed by atoms with Crippen molar-refractivity contribution in [2.75, 3.05) is 21.3 Å². The van der Waals surface area contributed by atoms with Crippen LogP contribution >= 0.6 is 0 Å². The molecule has 0 fully saturated rings. The average Bonchev–Trinajstić information content (AvgIpc) is 2.32. The third kappa shape index (κ3) is 2.33. The number of benzene rings is 1. The molecule has 0 radical (unpaired) electrons. The molecule has 0 atom stereocenters. The summed E-state index contributed by atoms with van der Waals surface area (Å²) in [7, 11) is 3.34. The fourth-order valence-corrected chi connectivity index (χ4v) is 1.17. The van der Waals surface area contributed by atoms with E-state index >= 15 is 0 Å². The van der Waals surface area contributed by atoms with Crippen LogP contribution in [0.4, 0.5) is 13.2 Å². The van der Waals surface area contributed by atoms with E-state index in [0.29, 0.717) is 11.1 Å². The first-order valence-electron chi connectivity index (χ1n) is 4.47. The highest BCUT2D eigenvalue weighted by atomic mass is 19.2. The molecule has 0 aromatic heterocycles. The quantitative estimate of drug-likeness (QED) is 0.605. The van der Waals surface area contributed by atoms with Crippen molar-refractivity contribution in [3.8, 4) is 5.75 Å². The molecule has 0 heterocycles. The molecule has 7 heteroatoms. The van der Waals surface area contributed by atoms with Crippen molar-refractivity contribution in [1.82, 2.24) is 5.06 Å². The Morgan fingerprint density at radius 2 is 1.82 bits per heavy atom. The minimum absolute atomic E-state index is 0.449. The summed E-state index contributed by atoms with van der Waals surface area (Å²) in [5.41, 5.74) is -0.676. The molecule has 0 aliphatic rings. The van der Waals surface area contributed by atoms with Crippen molar-refractivity contribution in [3.05, 3.63) is 29.1 Å². The van der Waals surface area contributed by atoms with Crippen LogP contribution in [0.3, 0.4) is 0 Å². The van der Waals surface area contributed by atoms with Gasteiger partial charge >= 0.3 is 0 Å². The summed E-state index contributed by atoms with van der Waals surface area (Å²) in [4.78, 5) is 16.1. The van der Waals surface area contributed by atoms with Crippen LogP contribution in [0.5, 0.6) is 5.75 Å². The van der Waals surface area contributed by atoms with E-state index in [2.05, 4.69) is 9.57 Å². The molecule has 1 aromatic rings. The lowest BCUT2D eigenvalue weighted by Crippen LogP contribution is -2.26. The number of nitrogens with zero attached hydrogens (tertiary/aromatic N) is 1. The molecule has 0 spiro atoms. The average molecular weight is 249 g/mol. The first kappa shape index (κ1) is 13.3. The van der Waals surface area contributed by atoms with Crippen LogP contribution < -0.4 is 4.74 Å². The van der Waals surface area contributed by atoms with Gasteiger partial charge in [-0.25, -0.2) is 13.8 Å². The molecular weight excluding hydrogens is 239 g/mol. The zero-order valence-electron chi connectivity index (χ0n) is 9.38. The molecule has 0 aliphatic carbocycles. The topological polar surface area (TPSA) is 38.8 Å². The number of halogens is 3. The number of carbonyl (C=O) groups excluding carboxylic acids is 1. The van der Waals surface area contributed by atoms with Crippen molar-refractivity contribution < 1.29 is 27.5 Å². The molecule has 94 valence electrons. The summed E-state index contributed by atoms with van der Waals surface area (Å²) < 4.78 is 44.2. The Bertz CT molecular complexity index is 451. The Hall–Kier alpha value is -1.76. The van der Waals surface area contributed by atoms with Crippen molar-refractivity contribution in [2.24, 2.45) is 0 Å². The van der Waals surface area contributed by atoms with Crippen LogP contribution in [-0.4, -0.2) is 32.2 Å². The number of rotatable bonds is 3. The fraction of sp³-hybridized carbons (Fsp3) is 0.300.